The van der Waals surface area contributed by atoms with Gasteiger partial charge in [0.25, 0.3) is 5.91 Å². The minimum Gasteiger partial charge on any atom is -0.467 e. The minimum atomic E-state index is -0.166. The summed E-state index contributed by atoms with van der Waals surface area (Å²) in [5.41, 5.74) is 2.35. The lowest BCUT2D eigenvalue weighted by Crippen LogP contribution is -2.51. The number of carbonyl (C=O) groups is 2. The lowest BCUT2D eigenvalue weighted by molar-refractivity contribution is 0.0671. The van der Waals surface area contributed by atoms with Gasteiger partial charge in [0, 0.05) is 37.4 Å². The van der Waals surface area contributed by atoms with E-state index in [0.717, 1.165) is 11.3 Å². The number of furan rings is 1. The number of piperazine rings is 1. The van der Waals surface area contributed by atoms with Crippen LogP contribution >= 0.6 is 0 Å². The summed E-state index contributed by atoms with van der Waals surface area (Å²) in [4.78, 5) is 28.7. The molecule has 3 amide bonds. The number of amides is 3. The highest BCUT2D eigenvalue weighted by Gasteiger charge is 2.24. The van der Waals surface area contributed by atoms with Crippen molar-refractivity contribution in [2.45, 2.75) is 13.2 Å². The monoisotopic (exact) mass is 419 g/mol. The average molecular weight is 419 g/mol. The third-order valence-corrected chi connectivity index (χ3v) is 5.15. The zero-order valence-electron chi connectivity index (χ0n) is 17.2. The summed E-state index contributed by atoms with van der Waals surface area (Å²) in [6, 6.07) is 20.3. The molecular formula is C24H25N3O4. The Hall–Kier alpha value is -3.58. The van der Waals surface area contributed by atoms with Gasteiger partial charge in [0.05, 0.1) is 12.9 Å². The van der Waals surface area contributed by atoms with Crippen molar-refractivity contribution in [2.75, 3.05) is 31.5 Å². The Morgan fingerprint density at radius 1 is 0.871 bits per heavy atom. The first-order valence-electron chi connectivity index (χ1n) is 10.3. The SMILES string of the molecule is O=C(Nc1cccc(COCc2ccco2)c1)N1CCN(C(=O)c2ccccc2)CC1. The van der Waals surface area contributed by atoms with Crippen LogP contribution in [-0.4, -0.2) is 47.9 Å². The Morgan fingerprint density at radius 2 is 1.65 bits per heavy atom. The van der Waals surface area contributed by atoms with E-state index >= 15 is 0 Å². The van der Waals surface area contributed by atoms with Gasteiger partial charge in [-0.2, -0.15) is 0 Å². The molecule has 1 aliphatic rings. The molecule has 2 aromatic carbocycles. The Kier molecular flexibility index (Phi) is 6.64. The lowest BCUT2D eigenvalue weighted by atomic mass is 10.2. The summed E-state index contributed by atoms with van der Waals surface area (Å²) in [5, 5.41) is 2.94. The maximum absolute atomic E-state index is 12.7. The number of nitrogens with zero attached hydrogens (tertiary/aromatic N) is 2. The third kappa shape index (κ3) is 5.52. The summed E-state index contributed by atoms with van der Waals surface area (Å²) >= 11 is 0. The molecule has 0 aliphatic carbocycles. The Bertz CT molecular complexity index is 997. The number of hydrogen-bond donors (Lipinski definition) is 1. The number of nitrogens with one attached hydrogen (secondary N) is 1. The van der Waals surface area contributed by atoms with Gasteiger partial charge in [0.2, 0.25) is 0 Å². The highest BCUT2D eigenvalue weighted by molar-refractivity contribution is 5.94. The van der Waals surface area contributed by atoms with E-state index in [2.05, 4.69) is 5.32 Å². The van der Waals surface area contributed by atoms with Gasteiger partial charge in [-0.1, -0.05) is 30.3 Å². The minimum absolute atomic E-state index is 0.00269. The molecule has 0 unspecified atom stereocenters. The van der Waals surface area contributed by atoms with Crippen molar-refractivity contribution in [3.63, 3.8) is 0 Å². The number of anilines is 1. The van der Waals surface area contributed by atoms with E-state index in [1.807, 2.05) is 66.7 Å². The maximum atomic E-state index is 12.7. The Labute approximate surface area is 181 Å². The first-order chi connectivity index (χ1) is 15.2. The van der Waals surface area contributed by atoms with E-state index in [1.54, 1.807) is 16.1 Å². The van der Waals surface area contributed by atoms with Gasteiger partial charge in [-0.15, -0.1) is 0 Å². The van der Waals surface area contributed by atoms with Gasteiger partial charge in [-0.3, -0.25) is 4.79 Å². The van der Waals surface area contributed by atoms with Crippen molar-refractivity contribution in [3.05, 3.63) is 89.9 Å². The fraction of sp³-hybridized carbons (Fsp3) is 0.250. The standard InChI is InChI=1S/C24H25N3O4/c28-23(20-7-2-1-3-8-20)26-11-13-27(14-12-26)24(29)25-21-9-4-6-19(16-21)17-30-18-22-10-5-15-31-22/h1-10,15-16H,11-14,17-18H2,(H,25,29). The van der Waals surface area contributed by atoms with E-state index in [0.29, 0.717) is 50.6 Å². The molecule has 0 bridgehead atoms. The number of hydrogen-bond acceptors (Lipinski definition) is 4. The van der Waals surface area contributed by atoms with Crippen molar-refractivity contribution in [1.29, 1.82) is 0 Å². The second-order valence-corrected chi connectivity index (χ2v) is 7.35. The molecule has 0 spiro atoms. The van der Waals surface area contributed by atoms with Crippen LogP contribution in [0.25, 0.3) is 0 Å². The van der Waals surface area contributed by atoms with E-state index in [1.165, 1.54) is 0 Å². The summed E-state index contributed by atoms with van der Waals surface area (Å²) in [6.45, 7) is 2.84. The van der Waals surface area contributed by atoms with E-state index in [4.69, 9.17) is 9.15 Å². The fourth-order valence-electron chi connectivity index (χ4n) is 3.48. The van der Waals surface area contributed by atoms with Crippen molar-refractivity contribution >= 4 is 17.6 Å². The molecule has 1 saturated heterocycles. The van der Waals surface area contributed by atoms with Crippen LogP contribution in [0.3, 0.4) is 0 Å². The number of carbonyl (C=O) groups excluding carboxylic acids is 2. The second-order valence-electron chi connectivity index (χ2n) is 7.35. The molecule has 31 heavy (non-hydrogen) atoms. The first kappa shape index (κ1) is 20.7. The Morgan fingerprint density at radius 3 is 2.39 bits per heavy atom. The molecule has 3 aromatic rings. The molecule has 7 nitrogen and oxygen atoms in total. The van der Waals surface area contributed by atoms with Gasteiger partial charge in [0.15, 0.2) is 0 Å². The van der Waals surface area contributed by atoms with Crippen molar-refractivity contribution in [1.82, 2.24) is 9.80 Å². The smallest absolute Gasteiger partial charge is 0.321 e. The van der Waals surface area contributed by atoms with Crippen LogP contribution in [0.15, 0.2) is 77.4 Å². The number of urea groups is 1. The molecule has 2 heterocycles. The number of benzene rings is 2. The van der Waals surface area contributed by atoms with Crippen LogP contribution in [0, 0.1) is 0 Å². The summed E-state index contributed by atoms with van der Waals surface area (Å²) in [6.07, 6.45) is 1.62. The van der Waals surface area contributed by atoms with E-state index < -0.39 is 0 Å². The molecule has 1 fully saturated rings. The first-order valence-corrected chi connectivity index (χ1v) is 10.3. The zero-order valence-corrected chi connectivity index (χ0v) is 17.2. The molecule has 1 aliphatic heterocycles. The number of rotatable bonds is 6. The molecule has 1 aromatic heterocycles. The lowest BCUT2D eigenvalue weighted by Gasteiger charge is -2.34. The summed E-state index contributed by atoms with van der Waals surface area (Å²) in [5.74, 6) is 0.775. The van der Waals surface area contributed by atoms with Gasteiger partial charge in [-0.05, 0) is 42.0 Å². The average Bonchev–Trinajstić information content (AvgIpc) is 3.33. The molecule has 0 saturated carbocycles. The van der Waals surface area contributed by atoms with E-state index in [-0.39, 0.29) is 11.9 Å². The normalized spacial score (nSPS) is 13.8. The predicted octanol–water partition coefficient (Wildman–Crippen LogP) is 3.99. The van der Waals surface area contributed by atoms with E-state index in [9.17, 15) is 9.59 Å². The summed E-state index contributed by atoms with van der Waals surface area (Å²) < 4.78 is 10.9. The molecule has 1 N–H and O–H groups in total. The van der Waals surface area contributed by atoms with Crippen molar-refractivity contribution in [3.8, 4) is 0 Å². The van der Waals surface area contributed by atoms with Crippen LogP contribution in [0.5, 0.6) is 0 Å². The van der Waals surface area contributed by atoms with Gasteiger partial charge >= 0.3 is 6.03 Å². The zero-order chi connectivity index (χ0) is 21.5. The predicted molar refractivity (Wildman–Crippen MR) is 117 cm³/mol. The summed E-state index contributed by atoms with van der Waals surface area (Å²) in [7, 11) is 0. The van der Waals surface area contributed by atoms with Crippen LogP contribution in [-0.2, 0) is 18.0 Å². The third-order valence-electron chi connectivity index (χ3n) is 5.15. The van der Waals surface area contributed by atoms with Crippen LogP contribution < -0.4 is 5.32 Å². The van der Waals surface area contributed by atoms with Crippen molar-refractivity contribution in [2.24, 2.45) is 0 Å². The Balaban J connectivity index is 1.25. The van der Waals surface area contributed by atoms with Crippen LogP contribution in [0.4, 0.5) is 10.5 Å². The topological polar surface area (TPSA) is 75.0 Å². The molecule has 160 valence electrons. The highest BCUT2D eigenvalue weighted by atomic mass is 16.5. The maximum Gasteiger partial charge on any atom is 0.321 e. The molecule has 0 radical (unpaired) electrons. The second kappa shape index (κ2) is 9.95. The molecule has 0 atom stereocenters. The van der Waals surface area contributed by atoms with Gasteiger partial charge < -0.3 is 24.3 Å². The van der Waals surface area contributed by atoms with Crippen LogP contribution in [0.1, 0.15) is 21.7 Å². The molecule has 7 heteroatoms. The quantitative estimate of drug-likeness (QED) is 0.656. The van der Waals surface area contributed by atoms with Crippen LogP contribution in [0.2, 0.25) is 0 Å². The van der Waals surface area contributed by atoms with Gasteiger partial charge in [0.1, 0.15) is 12.4 Å². The fourth-order valence-corrected chi connectivity index (χ4v) is 3.48. The molecule has 4 rings (SSSR count). The highest BCUT2D eigenvalue weighted by Crippen LogP contribution is 2.15. The van der Waals surface area contributed by atoms with Gasteiger partial charge in [-0.25, -0.2) is 4.79 Å². The van der Waals surface area contributed by atoms with Crippen molar-refractivity contribution < 1.29 is 18.7 Å². The largest absolute Gasteiger partial charge is 0.467 e. The molecular weight excluding hydrogens is 394 g/mol. The number of ether oxygens (including phenoxy) is 1.